The summed E-state index contributed by atoms with van der Waals surface area (Å²) in [5, 5.41) is 3.22. The molecule has 10 rings (SSSR count). The Kier molecular flexibility index (Phi) is 7.40. The number of nitrogens with zero attached hydrogens (tertiary/aromatic N) is 5. The molecule has 0 spiro atoms. The summed E-state index contributed by atoms with van der Waals surface area (Å²) in [4.78, 5) is 20.5. The first-order chi connectivity index (χ1) is 26.2. The number of hydrogen-bond donors (Lipinski definition) is 0. The zero-order valence-corrected chi connectivity index (χ0v) is 28.6. The van der Waals surface area contributed by atoms with Crippen LogP contribution >= 0.6 is 0 Å². The van der Waals surface area contributed by atoms with E-state index in [0.29, 0.717) is 5.82 Å². The number of fused-ring (bicyclic) bond motifs is 5. The second kappa shape index (κ2) is 12.8. The SMILES string of the molecule is c1ccc(-c2cc(-c3ccc(-c4ccc5nc(-c6ccccc6)c6ccn7cc(-c8ccccc8)nc7c6c5c4)cc3)nc(-c3ccccc3)n2)cc1. The van der Waals surface area contributed by atoms with Crippen molar-refractivity contribution in [3.05, 3.63) is 188 Å². The van der Waals surface area contributed by atoms with Crippen molar-refractivity contribution in [2.24, 2.45) is 0 Å². The van der Waals surface area contributed by atoms with E-state index in [-0.39, 0.29) is 0 Å². The minimum absolute atomic E-state index is 0.704. The van der Waals surface area contributed by atoms with Crippen LogP contribution in [0.15, 0.2) is 188 Å². The first-order valence-electron chi connectivity index (χ1n) is 17.7. The molecule has 0 amide bonds. The van der Waals surface area contributed by atoms with E-state index in [1.54, 1.807) is 0 Å². The van der Waals surface area contributed by atoms with Gasteiger partial charge in [-0.15, -0.1) is 0 Å². The summed E-state index contributed by atoms with van der Waals surface area (Å²) in [6, 6.07) is 60.7. The van der Waals surface area contributed by atoms with Crippen molar-refractivity contribution in [3.8, 4) is 67.5 Å². The lowest BCUT2D eigenvalue weighted by Crippen LogP contribution is -1.96. The fraction of sp³-hybridized carbons (Fsp3) is 0. The molecule has 5 heteroatoms. The Bertz CT molecular complexity index is 2850. The van der Waals surface area contributed by atoms with Gasteiger partial charge in [0.25, 0.3) is 0 Å². The number of benzene rings is 6. The molecule has 0 fully saturated rings. The van der Waals surface area contributed by atoms with Crippen LogP contribution in [0.5, 0.6) is 0 Å². The first-order valence-corrected chi connectivity index (χ1v) is 17.7. The van der Waals surface area contributed by atoms with Gasteiger partial charge < -0.3 is 4.40 Å². The molecule has 0 saturated carbocycles. The van der Waals surface area contributed by atoms with E-state index in [1.165, 1.54) is 0 Å². The molecule has 4 aromatic heterocycles. The molecule has 0 aliphatic heterocycles. The molecule has 10 aromatic rings. The molecule has 0 aliphatic rings. The van der Waals surface area contributed by atoms with Crippen LogP contribution in [0.1, 0.15) is 0 Å². The normalized spacial score (nSPS) is 11.4. The highest BCUT2D eigenvalue weighted by Gasteiger charge is 2.17. The van der Waals surface area contributed by atoms with Crippen molar-refractivity contribution in [3.63, 3.8) is 0 Å². The standard InChI is InChI=1S/C48H31N5/c1-5-13-33(14-6-1)42-30-43(51-47(50-42)37-19-11-4-12-20-37)35-23-21-32(22-24-35)38-25-26-41-40(29-38)45-39(46(49-41)36-17-9-3-10-18-36)27-28-53-31-44(52-48(45)53)34-15-7-2-8-16-34/h1-31H. The van der Waals surface area contributed by atoms with Gasteiger partial charge in [0.05, 0.1) is 28.3 Å². The van der Waals surface area contributed by atoms with Gasteiger partial charge in [-0.05, 0) is 35.4 Å². The molecule has 0 N–H and O–H groups in total. The Morgan fingerprint density at radius 3 is 1.53 bits per heavy atom. The van der Waals surface area contributed by atoms with Crippen LogP contribution in [-0.2, 0) is 0 Å². The highest BCUT2D eigenvalue weighted by Crippen LogP contribution is 2.38. The van der Waals surface area contributed by atoms with Crippen LogP contribution in [0.4, 0.5) is 0 Å². The number of rotatable bonds is 6. The molecule has 53 heavy (non-hydrogen) atoms. The summed E-state index contributed by atoms with van der Waals surface area (Å²) in [6.07, 6.45) is 4.21. The summed E-state index contributed by atoms with van der Waals surface area (Å²) < 4.78 is 2.13. The Balaban J connectivity index is 1.11. The zero-order chi connectivity index (χ0) is 35.1. The van der Waals surface area contributed by atoms with Gasteiger partial charge in [-0.25, -0.2) is 19.9 Å². The summed E-state index contributed by atoms with van der Waals surface area (Å²) in [6.45, 7) is 0. The monoisotopic (exact) mass is 677 g/mol. The van der Waals surface area contributed by atoms with Crippen molar-refractivity contribution < 1.29 is 0 Å². The number of pyridine rings is 2. The lowest BCUT2D eigenvalue weighted by molar-refractivity contribution is 1.18. The highest BCUT2D eigenvalue weighted by molar-refractivity contribution is 6.17. The highest BCUT2D eigenvalue weighted by atomic mass is 15.0. The van der Waals surface area contributed by atoms with Crippen molar-refractivity contribution in [1.82, 2.24) is 24.3 Å². The Labute approximate surface area is 306 Å². The molecule has 0 saturated heterocycles. The van der Waals surface area contributed by atoms with Gasteiger partial charge in [0.2, 0.25) is 0 Å². The average Bonchev–Trinajstić information content (AvgIpc) is 3.69. The molecule has 4 heterocycles. The maximum atomic E-state index is 5.25. The third-order valence-corrected chi connectivity index (χ3v) is 9.84. The van der Waals surface area contributed by atoms with Gasteiger partial charge in [-0.3, -0.25) is 0 Å². The second-order valence-electron chi connectivity index (χ2n) is 13.2. The largest absolute Gasteiger partial charge is 0.306 e. The van der Waals surface area contributed by atoms with Crippen LogP contribution in [0, 0.1) is 0 Å². The molecule has 0 radical (unpaired) electrons. The van der Waals surface area contributed by atoms with E-state index in [0.717, 1.165) is 89.0 Å². The molecular weight excluding hydrogens is 647 g/mol. The summed E-state index contributed by atoms with van der Waals surface area (Å²) in [5.74, 6) is 0.704. The maximum Gasteiger partial charge on any atom is 0.160 e. The molecule has 6 aromatic carbocycles. The average molecular weight is 678 g/mol. The van der Waals surface area contributed by atoms with Crippen LogP contribution in [-0.4, -0.2) is 24.3 Å². The second-order valence-corrected chi connectivity index (χ2v) is 13.2. The van der Waals surface area contributed by atoms with E-state index in [2.05, 4.69) is 144 Å². The van der Waals surface area contributed by atoms with Gasteiger partial charge in [-0.2, -0.15) is 0 Å². The molecule has 0 unspecified atom stereocenters. The van der Waals surface area contributed by atoms with E-state index in [9.17, 15) is 0 Å². The van der Waals surface area contributed by atoms with E-state index < -0.39 is 0 Å². The fourth-order valence-electron chi connectivity index (χ4n) is 7.17. The lowest BCUT2D eigenvalue weighted by atomic mass is 9.97. The Morgan fingerprint density at radius 1 is 0.358 bits per heavy atom. The van der Waals surface area contributed by atoms with Crippen molar-refractivity contribution >= 4 is 27.3 Å². The molecular formula is C48H31N5. The smallest absolute Gasteiger partial charge is 0.160 e. The minimum Gasteiger partial charge on any atom is -0.306 e. The summed E-state index contributed by atoms with van der Waals surface area (Å²) in [7, 11) is 0. The predicted octanol–water partition coefficient (Wildman–Crippen LogP) is 11.8. The van der Waals surface area contributed by atoms with Crippen molar-refractivity contribution in [2.75, 3.05) is 0 Å². The zero-order valence-electron chi connectivity index (χ0n) is 28.6. The Hall–Kier alpha value is -7.24. The topological polar surface area (TPSA) is 56.0 Å². The fourth-order valence-corrected chi connectivity index (χ4v) is 7.17. The van der Waals surface area contributed by atoms with Crippen LogP contribution in [0.3, 0.4) is 0 Å². The van der Waals surface area contributed by atoms with Gasteiger partial charge in [0, 0.05) is 56.4 Å². The third-order valence-electron chi connectivity index (χ3n) is 9.84. The maximum absolute atomic E-state index is 5.25. The van der Waals surface area contributed by atoms with Crippen LogP contribution in [0.2, 0.25) is 0 Å². The third kappa shape index (κ3) is 5.61. The molecule has 0 bridgehead atoms. The molecule has 248 valence electrons. The molecule has 0 aliphatic carbocycles. The van der Waals surface area contributed by atoms with Gasteiger partial charge in [-0.1, -0.05) is 152 Å². The summed E-state index contributed by atoms with van der Waals surface area (Å²) >= 11 is 0. The summed E-state index contributed by atoms with van der Waals surface area (Å²) in [5.41, 5.74) is 12.9. The van der Waals surface area contributed by atoms with E-state index in [1.807, 2.05) is 48.5 Å². The molecule has 0 atom stereocenters. The minimum atomic E-state index is 0.704. The number of hydrogen-bond acceptors (Lipinski definition) is 4. The van der Waals surface area contributed by atoms with Crippen LogP contribution in [0.25, 0.3) is 94.9 Å². The first kappa shape index (κ1) is 30.6. The van der Waals surface area contributed by atoms with Gasteiger partial charge >= 0.3 is 0 Å². The van der Waals surface area contributed by atoms with Crippen molar-refractivity contribution in [2.45, 2.75) is 0 Å². The number of imidazole rings is 1. The van der Waals surface area contributed by atoms with Gasteiger partial charge in [0.1, 0.15) is 5.65 Å². The van der Waals surface area contributed by atoms with Crippen LogP contribution < -0.4 is 0 Å². The Morgan fingerprint density at radius 2 is 0.887 bits per heavy atom. The molecule has 5 nitrogen and oxygen atoms in total. The number of aromatic nitrogens is 5. The van der Waals surface area contributed by atoms with Crippen molar-refractivity contribution in [1.29, 1.82) is 0 Å². The lowest BCUT2D eigenvalue weighted by Gasteiger charge is -2.13. The van der Waals surface area contributed by atoms with E-state index >= 15 is 0 Å². The quantitative estimate of drug-likeness (QED) is 0.164. The predicted molar refractivity (Wildman–Crippen MR) is 216 cm³/mol. The van der Waals surface area contributed by atoms with Gasteiger partial charge in [0.15, 0.2) is 5.82 Å². The van der Waals surface area contributed by atoms with E-state index in [4.69, 9.17) is 19.9 Å².